The molecular formula is C8H15N3. The topological polar surface area (TPSA) is 41.6 Å². The Kier molecular flexibility index (Phi) is 1.98. The predicted octanol–water partition coefficient (Wildman–Crippen LogP) is 1.74. The van der Waals surface area contributed by atoms with Crippen molar-refractivity contribution in [2.24, 2.45) is 5.92 Å². The maximum atomic E-state index is 4.14. The monoisotopic (exact) mass is 153 g/mol. The second-order valence-electron chi connectivity index (χ2n) is 3.70. The number of H-pyrrole nitrogens is 1. The summed E-state index contributed by atoms with van der Waals surface area (Å²) in [6.45, 7) is 8.66. The van der Waals surface area contributed by atoms with E-state index in [2.05, 4.69) is 42.9 Å². The van der Waals surface area contributed by atoms with Gasteiger partial charge in [-0.3, -0.25) is 5.10 Å². The van der Waals surface area contributed by atoms with Crippen molar-refractivity contribution >= 4 is 0 Å². The highest BCUT2D eigenvalue weighted by molar-refractivity contribution is 5.02. The van der Waals surface area contributed by atoms with Crippen molar-refractivity contribution in [1.29, 1.82) is 0 Å². The summed E-state index contributed by atoms with van der Waals surface area (Å²) in [6, 6.07) is 0. The molecule has 0 aliphatic carbocycles. The van der Waals surface area contributed by atoms with Crippen LogP contribution in [0.1, 0.15) is 33.5 Å². The lowest BCUT2D eigenvalue weighted by atomic mass is 9.80. The molecule has 1 aromatic rings. The van der Waals surface area contributed by atoms with Crippen LogP contribution in [0.15, 0.2) is 6.33 Å². The van der Waals surface area contributed by atoms with Crippen LogP contribution < -0.4 is 0 Å². The van der Waals surface area contributed by atoms with Gasteiger partial charge in [-0.25, -0.2) is 4.98 Å². The first-order chi connectivity index (χ1) is 5.05. The summed E-state index contributed by atoms with van der Waals surface area (Å²) in [7, 11) is 0. The second-order valence-corrected chi connectivity index (χ2v) is 3.70. The van der Waals surface area contributed by atoms with Gasteiger partial charge in [-0.15, -0.1) is 0 Å². The lowest BCUT2D eigenvalue weighted by Gasteiger charge is -2.25. The van der Waals surface area contributed by atoms with E-state index in [0.717, 1.165) is 5.82 Å². The first kappa shape index (κ1) is 8.24. The van der Waals surface area contributed by atoms with Gasteiger partial charge in [-0.05, 0) is 5.92 Å². The third-order valence-corrected chi connectivity index (χ3v) is 2.43. The number of hydrogen-bond donors (Lipinski definition) is 1. The molecule has 0 saturated carbocycles. The van der Waals surface area contributed by atoms with Gasteiger partial charge in [0.1, 0.15) is 6.33 Å². The zero-order valence-electron chi connectivity index (χ0n) is 7.55. The summed E-state index contributed by atoms with van der Waals surface area (Å²) in [4.78, 5) is 4.14. The van der Waals surface area contributed by atoms with E-state index in [9.17, 15) is 0 Å². The molecule has 11 heavy (non-hydrogen) atoms. The molecule has 0 saturated heterocycles. The summed E-state index contributed by atoms with van der Waals surface area (Å²) in [5, 5.41) is 6.80. The maximum absolute atomic E-state index is 4.14. The number of nitrogens with zero attached hydrogens (tertiary/aromatic N) is 2. The molecular weight excluding hydrogens is 138 g/mol. The Hall–Kier alpha value is -0.860. The first-order valence-electron chi connectivity index (χ1n) is 3.91. The Morgan fingerprint density at radius 3 is 2.45 bits per heavy atom. The van der Waals surface area contributed by atoms with Gasteiger partial charge in [0.25, 0.3) is 0 Å². The van der Waals surface area contributed by atoms with Crippen molar-refractivity contribution in [3.63, 3.8) is 0 Å². The first-order valence-corrected chi connectivity index (χ1v) is 3.91. The number of rotatable bonds is 2. The van der Waals surface area contributed by atoms with Crippen LogP contribution in [-0.4, -0.2) is 15.2 Å². The molecule has 0 atom stereocenters. The minimum Gasteiger partial charge on any atom is -0.266 e. The minimum absolute atomic E-state index is 0.0694. The van der Waals surface area contributed by atoms with Crippen LogP contribution >= 0.6 is 0 Å². The lowest BCUT2D eigenvalue weighted by molar-refractivity contribution is 0.352. The molecule has 0 aromatic carbocycles. The van der Waals surface area contributed by atoms with E-state index in [1.807, 2.05) is 0 Å². The van der Waals surface area contributed by atoms with Gasteiger partial charge in [0, 0.05) is 5.41 Å². The van der Waals surface area contributed by atoms with E-state index in [1.165, 1.54) is 0 Å². The van der Waals surface area contributed by atoms with Crippen LogP contribution in [-0.2, 0) is 5.41 Å². The van der Waals surface area contributed by atoms with Gasteiger partial charge in [0.15, 0.2) is 5.82 Å². The number of aromatic nitrogens is 3. The van der Waals surface area contributed by atoms with E-state index in [4.69, 9.17) is 0 Å². The summed E-state index contributed by atoms with van der Waals surface area (Å²) in [6.07, 6.45) is 1.62. The van der Waals surface area contributed by atoms with Crippen LogP contribution in [0.4, 0.5) is 0 Å². The normalized spacial score (nSPS) is 12.5. The van der Waals surface area contributed by atoms with Crippen molar-refractivity contribution in [2.45, 2.75) is 33.1 Å². The molecule has 0 aliphatic rings. The Labute approximate surface area is 67.2 Å². The summed E-state index contributed by atoms with van der Waals surface area (Å²) in [5.41, 5.74) is 0.0694. The van der Waals surface area contributed by atoms with Crippen LogP contribution in [0, 0.1) is 5.92 Å². The fourth-order valence-corrected chi connectivity index (χ4v) is 0.778. The number of hydrogen-bond acceptors (Lipinski definition) is 2. The Morgan fingerprint density at radius 1 is 1.45 bits per heavy atom. The third kappa shape index (κ3) is 1.42. The summed E-state index contributed by atoms with van der Waals surface area (Å²) >= 11 is 0. The van der Waals surface area contributed by atoms with Gasteiger partial charge in [0.2, 0.25) is 0 Å². The fraction of sp³-hybridized carbons (Fsp3) is 0.750. The van der Waals surface area contributed by atoms with Crippen LogP contribution in [0.25, 0.3) is 0 Å². The Balaban J connectivity index is 2.90. The molecule has 0 fully saturated rings. The molecule has 0 amide bonds. The summed E-state index contributed by atoms with van der Waals surface area (Å²) < 4.78 is 0. The average molecular weight is 153 g/mol. The number of aromatic amines is 1. The highest BCUT2D eigenvalue weighted by atomic mass is 15.2. The zero-order chi connectivity index (χ0) is 8.48. The molecule has 0 radical (unpaired) electrons. The molecule has 62 valence electrons. The van der Waals surface area contributed by atoms with Crippen molar-refractivity contribution < 1.29 is 0 Å². The highest BCUT2D eigenvalue weighted by Gasteiger charge is 2.27. The maximum Gasteiger partial charge on any atom is 0.156 e. The zero-order valence-corrected chi connectivity index (χ0v) is 7.55. The predicted molar refractivity (Wildman–Crippen MR) is 44.2 cm³/mol. The lowest BCUT2D eigenvalue weighted by Crippen LogP contribution is -2.25. The van der Waals surface area contributed by atoms with E-state index in [1.54, 1.807) is 6.33 Å². The van der Waals surface area contributed by atoms with Crippen molar-refractivity contribution in [3.8, 4) is 0 Å². The molecule has 1 N–H and O–H groups in total. The van der Waals surface area contributed by atoms with Gasteiger partial charge < -0.3 is 0 Å². The standard InChI is InChI=1S/C8H15N3/c1-6(2)8(3,4)7-9-5-10-11-7/h5-6H,1-4H3,(H,9,10,11). The minimum atomic E-state index is 0.0694. The van der Waals surface area contributed by atoms with Crippen molar-refractivity contribution in [3.05, 3.63) is 12.2 Å². The SMILES string of the molecule is CC(C)C(C)(C)c1nc[nH]n1. The Bertz CT molecular complexity index is 211. The molecule has 0 bridgehead atoms. The van der Waals surface area contributed by atoms with E-state index >= 15 is 0 Å². The van der Waals surface area contributed by atoms with Crippen LogP contribution in [0.2, 0.25) is 0 Å². The molecule has 0 spiro atoms. The van der Waals surface area contributed by atoms with E-state index in [0.29, 0.717) is 5.92 Å². The second kappa shape index (κ2) is 2.64. The average Bonchev–Trinajstić information content (AvgIpc) is 2.37. The Morgan fingerprint density at radius 2 is 2.09 bits per heavy atom. The third-order valence-electron chi connectivity index (χ3n) is 2.43. The molecule has 3 heteroatoms. The van der Waals surface area contributed by atoms with Gasteiger partial charge in [0.05, 0.1) is 0 Å². The van der Waals surface area contributed by atoms with Gasteiger partial charge in [-0.1, -0.05) is 27.7 Å². The summed E-state index contributed by atoms with van der Waals surface area (Å²) in [5.74, 6) is 1.45. The van der Waals surface area contributed by atoms with Crippen molar-refractivity contribution in [2.75, 3.05) is 0 Å². The fourth-order valence-electron chi connectivity index (χ4n) is 0.778. The number of nitrogens with one attached hydrogen (secondary N) is 1. The van der Waals surface area contributed by atoms with Crippen LogP contribution in [0.3, 0.4) is 0 Å². The largest absolute Gasteiger partial charge is 0.266 e. The molecule has 0 aliphatic heterocycles. The van der Waals surface area contributed by atoms with Crippen molar-refractivity contribution in [1.82, 2.24) is 15.2 Å². The highest BCUT2D eigenvalue weighted by Crippen LogP contribution is 2.27. The van der Waals surface area contributed by atoms with E-state index < -0.39 is 0 Å². The molecule has 0 unspecified atom stereocenters. The van der Waals surface area contributed by atoms with Gasteiger partial charge in [-0.2, -0.15) is 5.10 Å². The quantitative estimate of drug-likeness (QED) is 0.703. The van der Waals surface area contributed by atoms with E-state index in [-0.39, 0.29) is 5.41 Å². The molecule has 3 nitrogen and oxygen atoms in total. The van der Waals surface area contributed by atoms with Gasteiger partial charge >= 0.3 is 0 Å². The molecule has 1 heterocycles. The molecule has 1 rings (SSSR count). The molecule has 1 aromatic heterocycles. The smallest absolute Gasteiger partial charge is 0.156 e. The van der Waals surface area contributed by atoms with Crippen LogP contribution in [0.5, 0.6) is 0 Å².